The van der Waals surface area contributed by atoms with Crippen LogP contribution in [-0.4, -0.2) is 30.0 Å². The Kier molecular flexibility index (Phi) is 5.59. The third-order valence-electron chi connectivity index (χ3n) is 4.21. The number of amides is 1. The molecule has 0 N–H and O–H groups in total. The van der Waals surface area contributed by atoms with Gasteiger partial charge in [-0.25, -0.2) is 4.39 Å². The van der Waals surface area contributed by atoms with E-state index in [1.807, 2.05) is 18.9 Å². The van der Waals surface area contributed by atoms with Crippen molar-refractivity contribution in [2.45, 2.75) is 57.6 Å². The molecule has 1 fully saturated rings. The van der Waals surface area contributed by atoms with Gasteiger partial charge in [-0.1, -0.05) is 26.2 Å². The molecule has 21 heavy (non-hydrogen) atoms. The molecule has 1 amide bonds. The zero-order valence-corrected chi connectivity index (χ0v) is 12.8. The summed E-state index contributed by atoms with van der Waals surface area (Å²) in [5, 5.41) is 0. The Morgan fingerprint density at radius 2 is 1.90 bits per heavy atom. The summed E-state index contributed by atoms with van der Waals surface area (Å²) in [6, 6.07) is 6.14. The number of ether oxygens (including phenoxy) is 1. The minimum atomic E-state index is -0.498. The van der Waals surface area contributed by atoms with Crippen molar-refractivity contribution in [2.75, 3.05) is 7.05 Å². The summed E-state index contributed by atoms with van der Waals surface area (Å²) in [5.41, 5.74) is 0. The van der Waals surface area contributed by atoms with Crippen LogP contribution in [0, 0.1) is 5.82 Å². The van der Waals surface area contributed by atoms with Gasteiger partial charge in [-0.3, -0.25) is 4.79 Å². The molecular weight excluding hydrogens is 269 g/mol. The Labute approximate surface area is 126 Å². The van der Waals surface area contributed by atoms with Crippen LogP contribution in [0.25, 0.3) is 0 Å². The second-order valence-electron chi connectivity index (χ2n) is 5.71. The van der Waals surface area contributed by atoms with Crippen molar-refractivity contribution in [2.24, 2.45) is 0 Å². The normalized spacial score (nSPS) is 17.3. The van der Waals surface area contributed by atoms with E-state index in [4.69, 9.17) is 4.74 Å². The number of benzene rings is 1. The fourth-order valence-electron chi connectivity index (χ4n) is 2.86. The van der Waals surface area contributed by atoms with Crippen LogP contribution in [0.5, 0.6) is 5.75 Å². The fraction of sp³-hybridized carbons (Fsp3) is 0.588. The minimum absolute atomic E-state index is 0.0220. The average molecular weight is 293 g/mol. The van der Waals surface area contributed by atoms with E-state index in [9.17, 15) is 9.18 Å². The predicted molar refractivity (Wildman–Crippen MR) is 80.8 cm³/mol. The molecule has 1 aliphatic rings. The van der Waals surface area contributed by atoms with Crippen LogP contribution in [0.3, 0.4) is 0 Å². The van der Waals surface area contributed by atoms with Crippen LogP contribution in [0.4, 0.5) is 4.39 Å². The summed E-state index contributed by atoms with van der Waals surface area (Å²) in [6.45, 7) is 1.93. The van der Waals surface area contributed by atoms with Crippen molar-refractivity contribution in [3.8, 4) is 5.75 Å². The number of nitrogens with zero attached hydrogens (tertiary/aromatic N) is 1. The molecule has 0 heterocycles. The summed E-state index contributed by atoms with van der Waals surface area (Å²) in [6.07, 6.45) is 5.91. The fourth-order valence-corrected chi connectivity index (χ4v) is 2.86. The topological polar surface area (TPSA) is 29.5 Å². The highest BCUT2D eigenvalue weighted by Crippen LogP contribution is 2.23. The first-order valence-electron chi connectivity index (χ1n) is 7.80. The summed E-state index contributed by atoms with van der Waals surface area (Å²) in [7, 11) is 1.87. The Balaban J connectivity index is 1.98. The molecule has 1 aromatic carbocycles. The van der Waals surface area contributed by atoms with Gasteiger partial charge in [0, 0.05) is 13.1 Å². The van der Waals surface area contributed by atoms with Crippen molar-refractivity contribution in [3.05, 3.63) is 30.1 Å². The highest BCUT2D eigenvalue weighted by molar-refractivity contribution is 5.81. The summed E-state index contributed by atoms with van der Waals surface area (Å²) < 4.78 is 18.6. The van der Waals surface area contributed by atoms with Gasteiger partial charge >= 0.3 is 0 Å². The molecule has 116 valence electrons. The summed E-state index contributed by atoms with van der Waals surface area (Å²) in [5.74, 6) is 0.253. The molecule has 1 atom stereocenters. The Morgan fingerprint density at radius 3 is 2.48 bits per heavy atom. The van der Waals surface area contributed by atoms with Crippen molar-refractivity contribution in [3.63, 3.8) is 0 Å². The zero-order chi connectivity index (χ0) is 15.2. The van der Waals surface area contributed by atoms with Gasteiger partial charge in [-0.05, 0) is 43.5 Å². The first-order valence-corrected chi connectivity index (χ1v) is 7.80. The van der Waals surface area contributed by atoms with Crippen molar-refractivity contribution in [1.82, 2.24) is 4.90 Å². The van der Waals surface area contributed by atoms with E-state index in [0.29, 0.717) is 18.2 Å². The maximum absolute atomic E-state index is 12.9. The van der Waals surface area contributed by atoms with Gasteiger partial charge in [-0.2, -0.15) is 0 Å². The number of halogens is 1. The lowest BCUT2D eigenvalue weighted by atomic mass is 9.94. The Hall–Kier alpha value is -1.58. The first kappa shape index (κ1) is 15.8. The van der Waals surface area contributed by atoms with E-state index in [-0.39, 0.29) is 11.7 Å². The number of carbonyl (C=O) groups is 1. The number of carbonyl (C=O) groups excluding carboxylic acids is 1. The molecule has 2 rings (SSSR count). The van der Waals surface area contributed by atoms with E-state index in [0.717, 1.165) is 12.8 Å². The van der Waals surface area contributed by atoms with Gasteiger partial charge in [0.1, 0.15) is 11.6 Å². The standard InChI is InChI=1S/C17H24FNO2/c1-3-16(21-15-11-9-13(18)10-12-15)17(20)19(2)14-7-5-4-6-8-14/h9-12,14,16H,3-8H2,1-2H3/t16-/m0/s1. The van der Waals surface area contributed by atoms with E-state index >= 15 is 0 Å². The van der Waals surface area contributed by atoms with E-state index in [1.54, 1.807) is 12.1 Å². The van der Waals surface area contributed by atoms with Gasteiger partial charge in [-0.15, -0.1) is 0 Å². The largest absolute Gasteiger partial charge is 0.481 e. The Morgan fingerprint density at radius 1 is 1.29 bits per heavy atom. The van der Waals surface area contributed by atoms with Gasteiger partial charge in [0.05, 0.1) is 0 Å². The SMILES string of the molecule is CC[C@H](Oc1ccc(F)cc1)C(=O)N(C)C1CCCCC1. The lowest BCUT2D eigenvalue weighted by Crippen LogP contribution is -2.45. The quantitative estimate of drug-likeness (QED) is 0.827. The van der Waals surface area contributed by atoms with Crippen LogP contribution in [0.1, 0.15) is 45.4 Å². The van der Waals surface area contributed by atoms with Crippen molar-refractivity contribution >= 4 is 5.91 Å². The maximum atomic E-state index is 12.9. The van der Waals surface area contributed by atoms with Crippen LogP contribution in [-0.2, 0) is 4.79 Å². The second kappa shape index (κ2) is 7.43. The highest BCUT2D eigenvalue weighted by Gasteiger charge is 2.28. The lowest BCUT2D eigenvalue weighted by Gasteiger charge is -2.33. The van der Waals surface area contributed by atoms with Crippen molar-refractivity contribution < 1.29 is 13.9 Å². The molecule has 0 radical (unpaired) electrons. The lowest BCUT2D eigenvalue weighted by molar-refractivity contribution is -0.140. The van der Waals surface area contributed by atoms with E-state index in [2.05, 4.69) is 0 Å². The molecule has 1 aromatic rings. The van der Waals surface area contributed by atoms with E-state index in [1.165, 1.54) is 31.4 Å². The van der Waals surface area contributed by atoms with Crippen LogP contribution >= 0.6 is 0 Å². The smallest absolute Gasteiger partial charge is 0.263 e. The molecule has 1 aliphatic carbocycles. The maximum Gasteiger partial charge on any atom is 0.263 e. The monoisotopic (exact) mass is 293 g/mol. The highest BCUT2D eigenvalue weighted by atomic mass is 19.1. The number of likely N-dealkylation sites (N-methyl/N-ethyl adjacent to an activating group) is 1. The average Bonchev–Trinajstić information content (AvgIpc) is 2.54. The second-order valence-corrected chi connectivity index (χ2v) is 5.71. The number of rotatable bonds is 5. The summed E-state index contributed by atoms with van der Waals surface area (Å²) in [4.78, 5) is 14.4. The molecule has 0 aromatic heterocycles. The molecule has 3 nitrogen and oxygen atoms in total. The molecule has 0 spiro atoms. The van der Waals surface area contributed by atoms with Gasteiger partial charge in [0.2, 0.25) is 0 Å². The van der Waals surface area contributed by atoms with Crippen LogP contribution in [0.2, 0.25) is 0 Å². The molecule has 4 heteroatoms. The van der Waals surface area contributed by atoms with Crippen molar-refractivity contribution in [1.29, 1.82) is 0 Å². The van der Waals surface area contributed by atoms with Crippen LogP contribution in [0.15, 0.2) is 24.3 Å². The zero-order valence-electron chi connectivity index (χ0n) is 12.8. The molecule has 0 bridgehead atoms. The van der Waals surface area contributed by atoms with Crippen LogP contribution < -0.4 is 4.74 Å². The Bertz CT molecular complexity index is 454. The predicted octanol–water partition coefficient (Wildman–Crippen LogP) is 3.77. The van der Waals surface area contributed by atoms with Gasteiger partial charge < -0.3 is 9.64 Å². The number of hydrogen-bond donors (Lipinski definition) is 0. The van der Waals surface area contributed by atoms with Gasteiger partial charge in [0.15, 0.2) is 6.10 Å². The minimum Gasteiger partial charge on any atom is -0.481 e. The summed E-state index contributed by atoms with van der Waals surface area (Å²) >= 11 is 0. The molecule has 0 saturated heterocycles. The molecule has 0 aliphatic heterocycles. The number of hydrogen-bond acceptors (Lipinski definition) is 2. The third kappa shape index (κ3) is 4.19. The molecule has 0 unspecified atom stereocenters. The molecular formula is C17H24FNO2. The first-order chi connectivity index (χ1) is 10.1. The van der Waals surface area contributed by atoms with Gasteiger partial charge in [0.25, 0.3) is 5.91 Å². The third-order valence-corrected chi connectivity index (χ3v) is 4.21. The van der Waals surface area contributed by atoms with E-state index < -0.39 is 6.10 Å². The molecule has 1 saturated carbocycles.